The van der Waals surface area contributed by atoms with Gasteiger partial charge in [0.2, 0.25) is 0 Å². The molecule has 0 atom stereocenters. The van der Waals surface area contributed by atoms with Gasteiger partial charge >= 0.3 is 0 Å². The second kappa shape index (κ2) is 4.70. The minimum Gasteiger partial charge on any atom is -0.362 e. The third-order valence-electron chi connectivity index (χ3n) is 1.89. The zero-order valence-corrected chi connectivity index (χ0v) is 8.59. The van der Waals surface area contributed by atoms with E-state index >= 15 is 0 Å². The first-order valence-electron chi connectivity index (χ1n) is 4.71. The fraction of sp³-hybridized carbons (Fsp3) is 0.333. The van der Waals surface area contributed by atoms with Crippen LogP contribution >= 0.6 is 0 Å². The van der Waals surface area contributed by atoms with Gasteiger partial charge in [0.1, 0.15) is 0 Å². The summed E-state index contributed by atoms with van der Waals surface area (Å²) in [6.45, 7) is 6.32. The smallest absolute Gasteiger partial charge is 0.0379 e. The Morgan fingerprint density at radius 1 is 1.23 bits per heavy atom. The van der Waals surface area contributed by atoms with Gasteiger partial charge in [0, 0.05) is 5.69 Å². The monoisotopic (exact) mass is 175 g/mol. The first-order chi connectivity index (χ1) is 6.22. The number of aryl methyl sites for hydroxylation is 1. The largest absolute Gasteiger partial charge is 0.362 e. The molecule has 0 fully saturated rings. The molecule has 0 aliphatic rings. The highest BCUT2D eigenvalue weighted by Crippen LogP contribution is 2.10. The highest BCUT2D eigenvalue weighted by atomic mass is 14.8. The topological polar surface area (TPSA) is 12.0 Å². The van der Waals surface area contributed by atoms with E-state index in [2.05, 4.69) is 50.4 Å². The van der Waals surface area contributed by atoms with Crippen molar-refractivity contribution in [1.29, 1.82) is 0 Å². The number of nitrogens with one attached hydrogen (secondary N) is 1. The molecule has 1 nitrogen and oxygen atoms in total. The summed E-state index contributed by atoms with van der Waals surface area (Å²) < 4.78 is 0. The van der Waals surface area contributed by atoms with Gasteiger partial charge in [-0.05, 0) is 44.2 Å². The Balaban J connectivity index is 2.64. The molecule has 1 heteroatoms. The molecule has 13 heavy (non-hydrogen) atoms. The Bertz CT molecular complexity index is 278. The van der Waals surface area contributed by atoms with Gasteiger partial charge in [0.05, 0.1) is 0 Å². The second-order valence-electron chi connectivity index (χ2n) is 3.42. The Morgan fingerprint density at radius 3 is 2.31 bits per heavy atom. The van der Waals surface area contributed by atoms with Crippen molar-refractivity contribution >= 4 is 5.69 Å². The maximum Gasteiger partial charge on any atom is 0.0379 e. The molecule has 0 unspecified atom stereocenters. The molecule has 0 saturated heterocycles. The first kappa shape index (κ1) is 9.85. The summed E-state index contributed by atoms with van der Waals surface area (Å²) in [4.78, 5) is 0. The van der Waals surface area contributed by atoms with Crippen LogP contribution in [0.2, 0.25) is 0 Å². The molecule has 1 rings (SSSR count). The normalized spacial score (nSPS) is 9.46. The van der Waals surface area contributed by atoms with Crippen LogP contribution in [0.4, 0.5) is 5.69 Å². The third-order valence-corrected chi connectivity index (χ3v) is 1.89. The molecule has 70 valence electrons. The van der Waals surface area contributed by atoms with Crippen molar-refractivity contribution in [3.63, 3.8) is 0 Å². The van der Waals surface area contributed by atoms with E-state index in [0.29, 0.717) is 0 Å². The van der Waals surface area contributed by atoms with Crippen molar-refractivity contribution in [2.75, 3.05) is 5.32 Å². The molecule has 0 aliphatic heterocycles. The van der Waals surface area contributed by atoms with Gasteiger partial charge < -0.3 is 5.32 Å². The predicted molar refractivity (Wildman–Crippen MR) is 58.9 cm³/mol. The second-order valence-corrected chi connectivity index (χ2v) is 3.42. The van der Waals surface area contributed by atoms with Crippen LogP contribution in [0.3, 0.4) is 0 Å². The molecule has 0 saturated carbocycles. The van der Waals surface area contributed by atoms with Crippen molar-refractivity contribution in [3.05, 3.63) is 41.6 Å². The average Bonchev–Trinajstić information content (AvgIpc) is 2.15. The van der Waals surface area contributed by atoms with Crippen LogP contribution in [-0.2, 0) is 6.42 Å². The molecule has 1 aromatic carbocycles. The van der Waals surface area contributed by atoms with Crippen molar-refractivity contribution in [1.82, 2.24) is 0 Å². The van der Waals surface area contributed by atoms with E-state index in [1.807, 2.05) is 6.20 Å². The quantitative estimate of drug-likeness (QED) is 0.740. The summed E-state index contributed by atoms with van der Waals surface area (Å²) in [5.74, 6) is 0. The highest BCUT2D eigenvalue weighted by molar-refractivity contribution is 5.47. The molecule has 0 amide bonds. The zero-order valence-electron chi connectivity index (χ0n) is 8.59. The molecule has 0 radical (unpaired) electrons. The zero-order chi connectivity index (χ0) is 9.68. The molecule has 1 aromatic rings. The van der Waals surface area contributed by atoms with Crippen LogP contribution in [0, 0.1) is 0 Å². The molecular weight excluding hydrogens is 158 g/mol. The van der Waals surface area contributed by atoms with E-state index in [1.54, 1.807) is 0 Å². The first-order valence-corrected chi connectivity index (χ1v) is 4.71. The number of benzene rings is 1. The van der Waals surface area contributed by atoms with E-state index in [1.165, 1.54) is 11.1 Å². The van der Waals surface area contributed by atoms with E-state index in [-0.39, 0.29) is 0 Å². The summed E-state index contributed by atoms with van der Waals surface area (Å²) in [5, 5.41) is 3.23. The maximum atomic E-state index is 3.23. The van der Waals surface area contributed by atoms with Crippen molar-refractivity contribution < 1.29 is 0 Å². The van der Waals surface area contributed by atoms with Crippen LogP contribution in [0.5, 0.6) is 0 Å². The van der Waals surface area contributed by atoms with Crippen molar-refractivity contribution in [2.24, 2.45) is 0 Å². The number of hydrogen-bond donors (Lipinski definition) is 1. The molecule has 0 spiro atoms. The van der Waals surface area contributed by atoms with Crippen LogP contribution in [0.25, 0.3) is 0 Å². The number of anilines is 1. The molecular formula is C12H17N. The summed E-state index contributed by atoms with van der Waals surface area (Å²) in [6.07, 6.45) is 3.11. The maximum absolute atomic E-state index is 3.23. The lowest BCUT2D eigenvalue weighted by molar-refractivity contribution is 1.14. The Morgan fingerprint density at radius 2 is 1.85 bits per heavy atom. The van der Waals surface area contributed by atoms with Gasteiger partial charge in [-0.25, -0.2) is 0 Å². The van der Waals surface area contributed by atoms with Crippen molar-refractivity contribution in [3.8, 4) is 0 Å². The fourth-order valence-corrected chi connectivity index (χ4v) is 1.06. The Hall–Kier alpha value is -1.24. The summed E-state index contributed by atoms with van der Waals surface area (Å²) >= 11 is 0. The summed E-state index contributed by atoms with van der Waals surface area (Å²) in [7, 11) is 0. The van der Waals surface area contributed by atoms with E-state index in [9.17, 15) is 0 Å². The fourth-order valence-electron chi connectivity index (χ4n) is 1.06. The van der Waals surface area contributed by atoms with Crippen LogP contribution in [0.1, 0.15) is 26.3 Å². The van der Waals surface area contributed by atoms with Gasteiger partial charge in [-0.1, -0.05) is 24.6 Å². The summed E-state index contributed by atoms with van der Waals surface area (Å²) in [6, 6.07) is 8.53. The lowest BCUT2D eigenvalue weighted by Gasteiger charge is -2.02. The minimum absolute atomic E-state index is 1.10. The third kappa shape index (κ3) is 3.32. The number of hydrogen-bond acceptors (Lipinski definition) is 1. The Labute approximate surface area is 80.5 Å². The van der Waals surface area contributed by atoms with Crippen molar-refractivity contribution in [2.45, 2.75) is 27.2 Å². The Kier molecular flexibility index (Phi) is 3.56. The van der Waals surface area contributed by atoms with E-state index < -0.39 is 0 Å². The molecule has 0 aromatic heterocycles. The van der Waals surface area contributed by atoms with Gasteiger partial charge in [0.15, 0.2) is 0 Å². The van der Waals surface area contributed by atoms with Gasteiger partial charge in [-0.15, -0.1) is 0 Å². The predicted octanol–water partition coefficient (Wildman–Crippen LogP) is 3.58. The average molecular weight is 175 g/mol. The minimum atomic E-state index is 1.10. The number of allylic oxidation sites excluding steroid dienone is 1. The van der Waals surface area contributed by atoms with Gasteiger partial charge in [-0.3, -0.25) is 0 Å². The van der Waals surface area contributed by atoms with Gasteiger partial charge in [0.25, 0.3) is 0 Å². The summed E-state index contributed by atoms with van der Waals surface area (Å²) in [5.41, 5.74) is 3.81. The standard InChI is InChI=1S/C12H17N/c1-4-11-5-7-12(8-6-11)13-9-10(2)3/h5-9,13H,4H2,1-3H3. The van der Waals surface area contributed by atoms with Gasteiger partial charge in [-0.2, -0.15) is 0 Å². The lowest BCUT2D eigenvalue weighted by atomic mass is 10.1. The lowest BCUT2D eigenvalue weighted by Crippen LogP contribution is -1.88. The molecule has 0 heterocycles. The van der Waals surface area contributed by atoms with Crippen LogP contribution < -0.4 is 5.32 Å². The SMILES string of the molecule is CCc1ccc(NC=C(C)C)cc1. The van der Waals surface area contributed by atoms with Crippen LogP contribution in [0.15, 0.2) is 36.0 Å². The molecule has 0 aliphatic carbocycles. The van der Waals surface area contributed by atoms with E-state index in [4.69, 9.17) is 0 Å². The number of rotatable bonds is 3. The van der Waals surface area contributed by atoms with E-state index in [0.717, 1.165) is 12.1 Å². The molecule has 1 N–H and O–H groups in total. The highest BCUT2D eigenvalue weighted by Gasteiger charge is 1.89. The van der Waals surface area contributed by atoms with Crippen LogP contribution in [-0.4, -0.2) is 0 Å². The molecule has 0 bridgehead atoms.